The van der Waals surface area contributed by atoms with Gasteiger partial charge in [-0.2, -0.15) is 4.57 Å². The molecule has 1 heterocycles. The van der Waals surface area contributed by atoms with E-state index in [-0.39, 0.29) is 5.91 Å². The van der Waals surface area contributed by atoms with Crippen LogP contribution < -0.4 is 9.88 Å². The Balaban J connectivity index is 1.69. The third-order valence-corrected chi connectivity index (χ3v) is 4.33. The second kappa shape index (κ2) is 6.30. The van der Waals surface area contributed by atoms with Crippen LogP contribution in [0.15, 0.2) is 36.7 Å². The van der Waals surface area contributed by atoms with Crippen LogP contribution in [0.25, 0.3) is 0 Å². The van der Waals surface area contributed by atoms with Gasteiger partial charge in [-0.1, -0.05) is 17.7 Å². The van der Waals surface area contributed by atoms with Gasteiger partial charge in [0.25, 0.3) is 5.91 Å². The molecule has 2 aromatic rings. The molecule has 0 aliphatic heterocycles. The number of aromatic nitrogens is 1. The van der Waals surface area contributed by atoms with E-state index in [2.05, 4.69) is 30.6 Å². The van der Waals surface area contributed by atoms with Gasteiger partial charge in [-0.15, -0.1) is 0 Å². The summed E-state index contributed by atoms with van der Waals surface area (Å²) >= 11 is 0. The van der Waals surface area contributed by atoms with Crippen LogP contribution in [0.4, 0.5) is 5.69 Å². The summed E-state index contributed by atoms with van der Waals surface area (Å²) in [7, 11) is 0. The molecule has 1 amide bonds. The van der Waals surface area contributed by atoms with Crippen molar-refractivity contribution in [2.45, 2.75) is 46.1 Å². The Morgan fingerprint density at radius 2 is 1.91 bits per heavy atom. The summed E-state index contributed by atoms with van der Waals surface area (Å²) in [5.41, 5.74) is 6.04. The van der Waals surface area contributed by atoms with Crippen molar-refractivity contribution in [3.8, 4) is 0 Å². The molecule has 1 aromatic carbocycles. The molecule has 0 radical (unpaired) electrons. The fourth-order valence-corrected chi connectivity index (χ4v) is 3.13. The molecule has 3 heteroatoms. The highest BCUT2D eigenvalue weighted by Crippen LogP contribution is 2.19. The van der Waals surface area contributed by atoms with Gasteiger partial charge in [0.05, 0.1) is 0 Å². The minimum absolute atomic E-state index is 0.0210. The number of pyridine rings is 1. The Morgan fingerprint density at radius 1 is 1.14 bits per heavy atom. The number of amides is 1. The van der Waals surface area contributed by atoms with E-state index < -0.39 is 0 Å². The van der Waals surface area contributed by atoms with Crippen molar-refractivity contribution in [2.24, 2.45) is 0 Å². The molecule has 0 spiro atoms. The summed E-state index contributed by atoms with van der Waals surface area (Å²) in [5.74, 6) is 0.0210. The highest BCUT2D eigenvalue weighted by atomic mass is 16.1. The molecule has 1 aliphatic carbocycles. The van der Waals surface area contributed by atoms with Crippen molar-refractivity contribution in [2.75, 3.05) is 5.32 Å². The zero-order valence-corrected chi connectivity index (χ0v) is 13.4. The summed E-state index contributed by atoms with van der Waals surface area (Å²) < 4.78 is 1.99. The van der Waals surface area contributed by atoms with Gasteiger partial charge >= 0.3 is 0 Å². The van der Waals surface area contributed by atoms with Gasteiger partial charge in [0.1, 0.15) is 0 Å². The lowest BCUT2D eigenvalue weighted by atomic mass is 9.93. The van der Waals surface area contributed by atoms with E-state index in [9.17, 15) is 4.79 Å². The summed E-state index contributed by atoms with van der Waals surface area (Å²) in [4.78, 5) is 12.3. The van der Waals surface area contributed by atoms with Gasteiger partial charge in [0, 0.05) is 17.3 Å². The Labute approximate surface area is 132 Å². The standard InChI is InChI=1S/C19H22N2O/c1-14-7-8-18(15(2)11-14)20-19(22)13-21-10-9-16-5-3-4-6-17(16)12-21/h7-12H,3-6,13H2,1-2H3/p+1. The first-order valence-electron chi connectivity index (χ1n) is 8.00. The fourth-order valence-electron chi connectivity index (χ4n) is 3.13. The lowest BCUT2D eigenvalue weighted by molar-refractivity contribution is -0.684. The Morgan fingerprint density at radius 3 is 2.68 bits per heavy atom. The molecule has 1 aliphatic rings. The van der Waals surface area contributed by atoms with Gasteiger partial charge in [-0.3, -0.25) is 4.79 Å². The first kappa shape index (κ1) is 14.8. The smallest absolute Gasteiger partial charge is 0.290 e. The predicted octanol–water partition coefficient (Wildman–Crippen LogP) is 3.11. The lowest BCUT2D eigenvalue weighted by Gasteiger charge is -2.13. The molecule has 3 nitrogen and oxygen atoms in total. The summed E-state index contributed by atoms with van der Waals surface area (Å²) in [5, 5.41) is 3.01. The van der Waals surface area contributed by atoms with Crippen LogP contribution in [0.5, 0.6) is 0 Å². The van der Waals surface area contributed by atoms with Gasteiger partial charge in [0.2, 0.25) is 6.54 Å². The van der Waals surface area contributed by atoms with E-state index >= 15 is 0 Å². The van der Waals surface area contributed by atoms with Crippen molar-refractivity contribution in [3.63, 3.8) is 0 Å². The quantitative estimate of drug-likeness (QED) is 0.867. The first-order valence-corrected chi connectivity index (χ1v) is 8.00. The van der Waals surface area contributed by atoms with E-state index in [1.54, 1.807) is 0 Å². The lowest BCUT2D eigenvalue weighted by Crippen LogP contribution is -2.40. The number of fused-ring (bicyclic) bond motifs is 1. The summed E-state index contributed by atoms with van der Waals surface area (Å²) in [6.07, 6.45) is 9.00. The van der Waals surface area contributed by atoms with Crippen LogP contribution in [-0.2, 0) is 24.2 Å². The van der Waals surface area contributed by atoms with E-state index in [0.29, 0.717) is 6.54 Å². The van der Waals surface area contributed by atoms with Crippen LogP contribution in [0, 0.1) is 13.8 Å². The first-order chi connectivity index (χ1) is 10.6. The van der Waals surface area contributed by atoms with Crippen molar-refractivity contribution < 1.29 is 9.36 Å². The van der Waals surface area contributed by atoms with Gasteiger partial charge in [0.15, 0.2) is 12.4 Å². The number of carbonyl (C=O) groups is 1. The minimum Gasteiger partial charge on any atom is -0.320 e. The largest absolute Gasteiger partial charge is 0.320 e. The minimum atomic E-state index is 0.0210. The second-order valence-electron chi connectivity index (χ2n) is 6.24. The maximum Gasteiger partial charge on any atom is 0.290 e. The van der Waals surface area contributed by atoms with Crippen molar-refractivity contribution in [1.29, 1.82) is 0 Å². The van der Waals surface area contributed by atoms with Crippen LogP contribution in [0.2, 0.25) is 0 Å². The van der Waals surface area contributed by atoms with Crippen molar-refractivity contribution >= 4 is 11.6 Å². The highest BCUT2D eigenvalue weighted by molar-refractivity contribution is 5.90. The SMILES string of the molecule is Cc1ccc(NC(=O)C[n+]2ccc3c(c2)CCCC3)c(C)c1. The normalized spacial score (nSPS) is 13.5. The zero-order valence-electron chi connectivity index (χ0n) is 13.4. The molecule has 0 bridgehead atoms. The van der Waals surface area contributed by atoms with Crippen LogP contribution >= 0.6 is 0 Å². The fraction of sp³-hybridized carbons (Fsp3) is 0.368. The number of rotatable bonds is 3. The van der Waals surface area contributed by atoms with Crippen LogP contribution in [0.1, 0.15) is 35.1 Å². The monoisotopic (exact) mass is 295 g/mol. The third kappa shape index (κ3) is 3.35. The molecule has 0 fully saturated rings. The predicted molar refractivity (Wildman–Crippen MR) is 87.8 cm³/mol. The topological polar surface area (TPSA) is 33.0 Å². The average Bonchev–Trinajstić information content (AvgIpc) is 2.50. The Kier molecular flexibility index (Phi) is 4.23. The van der Waals surface area contributed by atoms with Crippen LogP contribution in [0.3, 0.4) is 0 Å². The Hall–Kier alpha value is -2.16. The maximum atomic E-state index is 12.3. The van der Waals surface area contributed by atoms with E-state index in [1.165, 1.54) is 36.0 Å². The molecular formula is C19H23N2O+. The number of nitrogens with zero attached hydrogens (tertiary/aromatic N) is 1. The molecule has 1 aromatic heterocycles. The van der Waals surface area contributed by atoms with E-state index in [1.807, 2.05) is 29.8 Å². The summed E-state index contributed by atoms with van der Waals surface area (Å²) in [6, 6.07) is 8.25. The number of hydrogen-bond donors (Lipinski definition) is 1. The number of hydrogen-bond acceptors (Lipinski definition) is 1. The number of aryl methyl sites for hydroxylation is 4. The molecule has 0 unspecified atom stereocenters. The molecule has 3 rings (SSSR count). The number of nitrogens with one attached hydrogen (secondary N) is 1. The number of benzene rings is 1. The van der Waals surface area contributed by atoms with E-state index in [4.69, 9.17) is 0 Å². The van der Waals surface area contributed by atoms with Crippen molar-refractivity contribution in [3.05, 3.63) is 58.9 Å². The third-order valence-electron chi connectivity index (χ3n) is 4.33. The zero-order chi connectivity index (χ0) is 15.5. The molecule has 0 saturated carbocycles. The average molecular weight is 295 g/mol. The van der Waals surface area contributed by atoms with Gasteiger partial charge < -0.3 is 5.32 Å². The molecule has 22 heavy (non-hydrogen) atoms. The maximum absolute atomic E-state index is 12.3. The van der Waals surface area contributed by atoms with Gasteiger partial charge in [-0.25, -0.2) is 0 Å². The summed E-state index contributed by atoms with van der Waals surface area (Å²) in [6.45, 7) is 4.44. The molecule has 1 N–H and O–H groups in total. The van der Waals surface area contributed by atoms with Gasteiger partial charge in [-0.05, 0) is 56.7 Å². The number of anilines is 1. The molecular weight excluding hydrogens is 272 g/mol. The Bertz CT molecular complexity index is 707. The molecule has 0 atom stereocenters. The number of carbonyl (C=O) groups excluding carboxylic acids is 1. The molecule has 0 saturated heterocycles. The van der Waals surface area contributed by atoms with E-state index in [0.717, 1.165) is 17.7 Å². The van der Waals surface area contributed by atoms with Crippen LogP contribution in [-0.4, -0.2) is 5.91 Å². The van der Waals surface area contributed by atoms with Crippen molar-refractivity contribution in [1.82, 2.24) is 0 Å². The second-order valence-corrected chi connectivity index (χ2v) is 6.24. The molecule has 114 valence electrons. The highest BCUT2D eigenvalue weighted by Gasteiger charge is 2.16.